The van der Waals surface area contributed by atoms with Gasteiger partial charge in [0.25, 0.3) is 0 Å². The number of carbonyl (C=O) groups excluding carboxylic acids is 1. The number of amides is 1. The molecule has 1 aromatic rings. The lowest BCUT2D eigenvalue weighted by molar-refractivity contribution is 0.0523. The van der Waals surface area contributed by atoms with Crippen molar-refractivity contribution < 1.29 is 14.6 Å². The standard InChI is InChI=1S/C12H16BrNO3/c1-12(2,3)17-11(16)14-7-8-4-5-9(13)10(15)6-8/h4-6,15H,7H2,1-3H3,(H,14,16). The van der Waals surface area contributed by atoms with Crippen LogP contribution in [0, 0.1) is 0 Å². The van der Waals surface area contributed by atoms with Gasteiger partial charge in [-0.3, -0.25) is 0 Å². The number of hydrogen-bond donors (Lipinski definition) is 2. The smallest absolute Gasteiger partial charge is 0.407 e. The fraction of sp³-hybridized carbons (Fsp3) is 0.417. The maximum Gasteiger partial charge on any atom is 0.407 e. The molecule has 0 radical (unpaired) electrons. The van der Waals surface area contributed by atoms with Gasteiger partial charge in [0.2, 0.25) is 0 Å². The molecule has 0 atom stereocenters. The molecule has 0 heterocycles. The quantitative estimate of drug-likeness (QED) is 0.882. The molecule has 0 aromatic heterocycles. The highest BCUT2D eigenvalue weighted by atomic mass is 79.9. The average Bonchev–Trinajstić information content (AvgIpc) is 2.17. The van der Waals surface area contributed by atoms with Crippen LogP contribution in [0.2, 0.25) is 0 Å². The maximum atomic E-state index is 11.4. The summed E-state index contributed by atoms with van der Waals surface area (Å²) in [6, 6.07) is 5.12. The molecule has 1 rings (SSSR count). The van der Waals surface area contributed by atoms with Gasteiger partial charge in [-0.15, -0.1) is 0 Å². The molecule has 0 aliphatic heterocycles. The van der Waals surface area contributed by atoms with Gasteiger partial charge in [0, 0.05) is 6.54 Å². The van der Waals surface area contributed by atoms with E-state index in [1.807, 2.05) is 0 Å². The summed E-state index contributed by atoms with van der Waals surface area (Å²) < 4.78 is 5.72. The Morgan fingerprint density at radius 3 is 2.65 bits per heavy atom. The Morgan fingerprint density at radius 1 is 1.47 bits per heavy atom. The summed E-state index contributed by atoms with van der Waals surface area (Å²) >= 11 is 3.19. The number of carbonyl (C=O) groups is 1. The Balaban J connectivity index is 2.50. The molecule has 0 aliphatic carbocycles. The van der Waals surface area contributed by atoms with Crippen LogP contribution in [0.3, 0.4) is 0 Å². The van der Waals surface area contributed by atoms with Gasteiger partial charge in [-0.2, -0.15) is 0 Å². The number of phenolic OH excluding ortho intramolecular Hbond substituents is 1. The van der Waals surface area contributed by atoms with Crippen molar-refractivity contribution in [3.63, 3.8) is 0 Å². The molecule has 2 N–H and O–H groups in total. The number of hydrogen-bond acceptors (Lipinski definition) is 3. The van der Waals surface area contributed by atoms with E-state index in [1.54, 1.807) is 39.0 Å². The van der Waals surface area contributed by atoms with Crippen LogP contribution in [0.1, 0.15) is 26.3 Å². The molecule has 5 heteroatoms. The predicted molar refractivity (Wildman–Crippen MR) is 68.9 cm³/mol. The van der Waals surface area contributed by atoms with Crippen molar-refractivity contribution in [2.75, 3.05) is 0 Å². The molecule has 0 saturated heterocycles. The van der Waals surface area contributed by atoms with Crippen LogP contribution in [0.4, 0.5) is 4.79 Å². The van der Waals surface area contributed by atoms with Crippen LogP contribution in [-0.2, 0) is 11.3 Å². The van der Waals surface area contributed by atoms with E-state index in [9.17, 15) is 9.90 Å². The van der Waals surface area contributed by atoms with E-state index in [-0.39, 0.29) is 5.75 Å². The zero-order chi connectivity index (χ0) is 13.1. The van der Waals surface area contributed by atoms with Crippen LogP contribution in [0.5, 0.6) is 5.75 Å². The molecule has 94 valence electrons. The van der Waals surface area contributed by atoms with E-state index in [0.29, 0.717) is 11.0 Å². The zero-order valence-corrected chi connectivity index (χ0v) is 11.7. The Labute approximate surface area is 109 Å². The van der Waals surface area contributed by atoms with E-state index in [4.69, 9.17) is 4.74 Å². The molecule has 0 fully saturated rings. The summed E-state index contributed by atoms with van der Waals surface area (Å²) in [5.74, 6) is 0.147. The molecule has 4 nitrogen and oxygen atoms in total. The number of nitrogens with one attached hydrogen (secondary N) is 1. The van der Waals surface area contributed by atoms with Crippen LogP contribution in [-0.4, -0.2) is 16.8 Å². The highest BCUT2D eigenvalue weighted by molar-refractivity contribution is 9.10. The first kappa shape index (κ1) is 13.8. The van der Waals surface area contributed by atoms with Crippen LogP contribution in [0.25, 0.3) is 0 Å². The van der Waals surface area contributed by atoms with Crippen molar-refractivity contribution in [1.82, 2.24) is 5.32 Å². The van der Waals surface area contributed by atoms with Gasteiger partial charge in [0.1, 0.15) is 11.4 Å². The van der Waals surface area contributed by atoms with Gasteiger partial charge in [-0.05, 0) is 54.4 Å². The lowest BCUT2D eigenvalue weighted by Gasteiger charge is -2.19. The minimum atomic E-state index is -0.508. The van der Waals surface area contributed by atoms with E-state index < -0.39 is 11.7 Å². The second kappa shape index (κ2) is 5.40. The lowest BCUT2D eigenvalue weighted by Crippen LogP contribution is -2.32. The fourth-order valence-electron chi connectivity index (χ4n) is 1.16. The maximum absolute atomic E-state index is 11.4. The lowest BCUT2D eigenvalue weighted by atomic mass is 10.2. The van der Waals surface area contributed by atoms with Crippen LogP contribution >= 0.6 is 15.9 Å². The number of halogens is 1. The molecule has 1 amide bonds. The summed E-state index contributed by atoms with van der Waals surface area (Å²) in [7, 11) is 0. The monoisotopic (exact) mass is 301 g/mol. The van der Waals surface area contributed by atoms with E-state index >= 15 is 0 Å². The third-order valence-corrected chi connectivity index (χ3v) is 2.52. The average molecular weight is 302 g/mol. The molecule has 1 aromatic carbocycles. The Hall–Kier alpha value is -1.23. The second-order valence-electron chi connectivity index (χ2n) is 4.64. The van der Waals surface area contributed by atoms with E-state index in [0.717, 1.165) is 5.56 Å². The highest BCUT2D eigenvalue weighted by Gasteiger charge is 2.15. The normalized spacial score (nSPS) is 11.1. The van der Waals surface area contributed by atoms with Crippen molar-refractivity contribution in [3.05, 3.63) is 28.2 Å². The molecule has 0 saturated carbocycles. The summed E-state index contributed by atoms with van der Waals surface area (Å²) in [6.45, 7) is 5.73. The predicted octanol–water partition coefficient (Wildman–Crippen LogP) is 3.18. The van der Waals surface area contributed by atoms with Gasteiger partial charge in [-0.25, -0.2) is 4.79 Å². The molecule has 0 bridgehead atoms. The van der Waals surface area contributed by atoms with Crippen molar-refractivity contribution >= 4 is 22.0 Å². The van der Waals surface area contributed by atoms with Crippen molar-refractivity contribution in [2.24, 2.45) is 0 Å². The third-order valence-electron chi connectivity index (χ3n) is 1.85. The van der Waals surface area contributed by atoms with Gasteiger partial charge in [-0.1, -0.05) is 6.07 Å². The van der Waals surface area contributed by atoms with Gasteiger partial charge < -0.3 is 15.2 Å². The molecular weight excluding hydrogens is 286 g/mol. The molecule has 17 heavy (non-hydrogen) atoms. The van der Waals surface area contributed by atoms with Crippen LogP contribution in [0.15, 0.2) is 22.7 Å². The number of alkyl carbamates (subject to hydrolysis) is 1. The van der Waals surface area contributed by atoms with Crippen LogP contribution < -0.4 is 5.32 Å². The van der Waals surface area contributed by atoms with Crippen molar-refractivity contribution in [2.45, 2.75) is 32.9 Å². The Kier molecular flexibility index (Phi) is 4.40. The molecule has 0 aliphatic rings. The topological polar surface area (TPSA) is 58.6 Å². The fourth-order valence-corrected chi connectivity index (χ4v) is 1.40. The number of ether oxygens (including phenoxy) is 1. The minimum Gasteiger partial charge on any atom is -0.507 e. The first-order valence-electron chi connectivity index (χ1n) is 5.22. The zero-order valence-electron chi connectivity index (χ0n) is 10.1. The van der Waals surface area contributed by atoms with Crippen molar-refractivity contribution in [3.8, 4) is 5.75 Å². The van der Waals surface area contributed by atoms with Crippen molar-refractivity contribution in [1.29, 1.82) is 0 Å². The number of rotatable bonds is 2. The third kappa shape index (κ3) is 5.08. The summed E-state index contributed by atoms with van der Waals surface area (Å²) in [4.78, 5) is 11.4. The highest BCUT2D eigenvalue weighted by Crippen LogP contribution is 2.24. The van der Waals surface area contributed by atoms with Gasteiger partial charge in [0.15, 0.2) is 0 Å². The number of phenols is 1. The van der Waals surface area contributed by atoms with Gasteiger partial charge >= 0.3 is 6.09 Å². The first-order chi connectivity index (χ1) is 7.78. The summed E-state index contributed by atoms with van der Waals surface area (Å²) in [5.41, 5.74) is 0.294. The van der Waals surface area contributed by atoms with E-state index in [1.165, 1.54) is 0 Å². The number of benzene rings is 1. The largest absolute Gasteiger partial charge is 0.507 e. The summed E-state index contributed by atoms with van der Waals surface area (Å²) in [6.07, 6.45) is -0.472. The number of aromatic hydroxyl groups is 1. The minimum absolute atomic E-state index is 0.147. The molecular formula is C12H16BrNO3. The summed E-state index contributed by atoms with van der Waals surface area (Å²) in [5, 5.41) is 12.1. The molecule has 0 spiro atoms. The Bertz CT molecular complexity index is 413. The SMILES string of the molecule is CC(C)(C)OC(=O)NCc1ccc(Br)c(O)c1. The van der Waals surface area contributed by atoms with E-state index in [2.05, 4.69) is 21.2 Å². The Morgan fingerprint density at radius 2 is 2.12 bits per heavy atom. The second-order valence-corrected chi connectivity index (χ2v) is 5.50. The van der Waals surface area contributed by atoms with Gasteiger partial charge in [0.05, 0.1) is 4.47 Å². The molecule has 0 unspecified atom stereocenters. The first-order valence-corrected chi connectivity index (χ1v) is 6.01.